The highest BCUT2D eigenvalue weighted by Crippen LogP contribution is 2.54. The Morgan fingerprint density at radius 1 is 1.25 bits per heavy atom. The third kappa shape index (κ3) is 2.87. The Labute approximate surface area is 138 Å². The number of ether oxygens (including phenoxy) is 2. The van der Waals surface area contributed by atoms with Gasteiger partial charge in [-0.25, -0.2) is 0 Å². The van der Waals surface area contributed by atoms with Crippen molar-refractivity contribution in [1.82, 2.24) is 0 Å². The molecule has 2 rings (SSSR count). The number of halogens is 2. The van der Waals surface area contributed by atoms with Crippen molar-refractivity contribution in [2.45, 2.75) is 37.9 Å². The van der Waals surface area contributed by atoms with Crippen LogP contribution in [0.1, 0.15) is 43.5 Å². The summed E-state index contributed by atoms with van der Waals surface area (Å²) in [5.41, 5.74) is 1.56. The minimum absolute atomic E-state index is 0.303. The van der Waals surface area contributed by atoms with Gasteiger partial charge in [0, 0.05) is 10.4 Å². The molecule has 112 valence electrons. The molecule has 0 saturated heterocycles. The SMILES string of the molecule is COc1ccc(C(Br)C2CCCC2(C)C)c(OC)c1Br. The molecule has 0 spiro atoms. The molecule has 0 aliphatic heterocycles. The van der Waals surface area contributed by atoms with Crippen molar-refractivity contribution in [2.75, 3.05) is 14.2 Å². The molecule has 0 amide bonds. The lowest BCUT2D eigenvalue weighted by Crippen LogP contribution is -2.21. The monoisotopic (exact) mass is 404 g/mol. The summed E-state index contributed by atoms with van der Waals surface area (Å²) in [5, 5.41) is 0. The van der Waals surface area contributed by atoms with Crippen LogP contribution >= 0.6 is 31.9 Å². The van der Waals surface area contributed by atoms with Crippen LogP contribution in [-0.2, 0) is 0 Å². The van der Waals surface area contributed by atoms with E-state index in [0.717, 1.165) is 16.0 Å². The summed E-state index contributed by atoms with van der Waals surface area (Å²) in [6.45, 7) is 4.73. The van der Waals surface area contributed by atoms with Crippen molar-refractivity contribution in [3.63, 3.8) is 0 Å². The molecule has 0 bridgehead atoms. The maximum atomic E-state index is 5.61. The van der Waals surface area contributed by atoms with Gasteiger partial charge in [0.2, 0.25) is 0 Å². The van der Waals surface area contributed by atoms with Crippen molar-refractivity contribution < 1.29 is 9.47 Å². The minimum Gasteiger partial charge on any atom is -0.495 e. The van der Waals surface area contributed by atoms with Crippen LogP contribution in [0.2, 0.25) is 0 Å². The van der Waals surface area contributed by atoms with E-state index >= 15 is 0 Å². The van der Waals surface area contributed by atoms with E-state index in [1.807, 2.05) is 6.07 Å². The Hall–Kier alpha value is -0.220. The van der Waals surface area contributed by atoms with Crippen LogP contribution in [0.15, 0.2) is 16.6 Å². The predicted molar refractivity (Wildman–Crippen MR) is 90.0 cm³/mol. The minimum atomic E-state index is 0.303. The van der Waals surface area contributed by atoms with Gasteiger partial charge in [-0.05, 0) is 46.2 Å². The molecule has 2 unspecified atom stereocenters. The van der Waals surface area contributed by atoms with Crippen LogP contribution in [0.4, 0.5) is 0 Å². The molecule has 2 atom stereocenters. The zero-order valence-corrected chi connectivity index (χ0v) is 15.7. The second-order valence-electron chi connectivity index (χ2n) is 6.09. The molecule has 0 N–H and O–H groups in total. The fourth-order valence-corrected chi connectivity index (χ4v) is 5.27. The smallest absolute Gasteiger partial charge is 0.141 e. The molecular formula is C16H22Br2O2. The number of hydrogen-bond acceptors (Lipinski definition) is 2. The third-order valence-electron chi connectivity index (χ3n) is 4.51. The zero-order chi connectivity index (χ0) is 14.9. The van der Waals surface area contributed by atoms with Crippen LogP contribution in [0.25, 0.3) is 0 Å². The van der Waals surface area contributed by atoms with Crippen LogP contribution < -0.4 is 9.47 Å². The van der Waals surface area contributed by atoms with Gasteiger partial charge >= 0.3 is 0 Å². The fraction of sp³-hybridized carbons (Fsp3) is 0.625. The van der Waals surface area contributed by atoms with Crippen molar-refractivity contribution >= 4 is 31.9 Å². The molecule has 1 aliphatic carbocycles. The number of benzene rings is 1. The van der Waals surface area contributed by atoms with E-state index < -0.39 is 0 Å². The highest BCUT2D eigenvalue weighted by molar-refractivity contribution is 9.10. The zero-order valence-electron chi connectivity index (χ0n) is 12.5. The maximum absolute atomic E-state index is 5.61. The normalized spacial score (nSPS) is 22.6. The topological polar surface area (TPSA) is 18.5 Å². The summed E-state index contributed by atoms with van der Waals surface area (Å²) in [6.07, 6.45) is 3.86. The molecule has 1 aromatic rings. The quantitative estimate of drug-likeness (QED) is 0.595. The van der Waals surface area contributed by atoms with E-state index in [1.165, 1.54) is 24.8 Å². The molecule has 1 aliphatic rings. The van der Waals surface area contributed by atoms with Gasteiger partial charge in [-0.1, -0.05) is 42.3 Å². The first-order chi connectivity index (χ1) is 9.42. The van der Waals surface area contributed by atoms with Gasteiger partial charge in [0.1, 0.15) is 16.0 Å². The first-order valence-electron chi connectivity index (χ1n) is 6.97. The molecule has 1 saturated carbocycles. The molecule has 0 heterocycles. The third-order valence-corrected chi connectivity index (χ3v) is 6.39. The van der Waals surface area contributed by atoms with Crippen LogP contribution in [0.5, 0.6) is 11.5 Å². The van der Waals surface area contributed by atoms with Gasteiger partial charge < -0.3 is 9.47 Å². The Balaban J connectivity index is 2.39. The van der Waals surface area contributed by atoms with Gasteiger partial charge in [-0.2, -0.15) is 0 Å². The van der Waals surface area contributed by atoms with Crippen molar-refractivity contribution in [2.24, 2.45) is 11.3 Å². The Kier molecular flexibility index (Phi) is 5.06. The number of rotatable bonds is 4. The van der Waals surface area contributed by atoms with E-state index in [1.54, 1.807) is 14.2 Å². The van der Waals surface area contributed by atoms with Gasteiger partial charge in [-0.3, -0.25) is 0 Å². The fourth-order valence-electron chi connectivity index (χ4n) is 3.25. The van der Waals surface area contributed by atoms with Crippen molar-refractivity contribution in [3.05, 3.63) is 22.2 Å². The van der Waals surface area contributed by atoms with E-state index in [2.05, 4.69) is 51.8 Å². The van der Waals surface area contributed by atoms with Gasteiger partial charge in [0.05, 0.1) is 14.2 Å². The first kappa shape index (κ1) is 16.2. The van der Waals surface area contributed by atoms with E-state index in [0.29, 0.717) is 16.2 Å². The molecular weight excluding hydrogens is 384 g/mol. The van der Waals surface area contributed by atoms with Crippen molar-refractivity contribution in [1.29, 1.82) is 0 Å². The van der Waals surface area contributed by atoms with Crippen LogP contribution in [0, 0.1) is 11.3 Å². The highest BCUT2D eigenvalue weighted by atomic mass is 79.9. The van der Waals surface area contributed by atoms with Gasteiger partial charge in [0.15, 0.2) is 0 Å². The maximum Gasteiger partial charge on any atom is 0.141 e. The average molecular weight is 406 g/mol. The van der Waals surface area contributed by atoms with E-state index in [9.17, 15) is 0 Å². The molecule has 20 heavy (non-hydrogen) atoms. The van der Waals surface area contributed by atoms with Gasteiger partial charge in [-0.15, -0.1) is 0 Å². The molecule has 2 nitrogen and oxygen atoms in total. The average Bonchev–Trinajstić information content (AvgIpc) is 2.77. The number of alkyl halides is 1. The van der Waals surface area contributed by atoms with E-state index in [4.69, 9.17) is 9.47 Å². The summed E-state index contributed by atoms with van der Waals surface area (Å²) < 4.78 is 11.8. The molecule has 0 aromatic heterocycles. The lowest BCUT2D eigenvalue weighted by molar-refractivity contribution is 0.254. The highest BCUT2D eigenvalue weighted by Gasteiger charge is 2.40. The largest absolute Gasteiger partial charge is 0.495 e. The standard InChI is InChI=1S/C16H22Br2O2/c1-16(2)9-5-6-11(16)13(17)10-7-8-12(19-3)14(18)15(10)20-4/h7-8,11,13H,5-6,9H2,1-4H3. The number of hydrogen-bond donors (Lipinski definition) is 0. The molecule has 1 aromatic carbocycles. The van der Waals surface area contributed by atoms with Crippen molar-refractivity contribution in [3.8, 4) is 11.5 Å². The predicted octanol–water partition coefficient (Wildman–Crippen LogP) is 5.73. The summed E-state index contributed by atoms with van der Waals surface area (Å²) in [7, 11) is 3.38. The Morgan fingerprint density at radius 3 is 2.45 bits per heavy atom. The lowest BCUT2D eigenvalue weighted by Gasteiger charge is -2.32. The summed E-state index contributed by atoms with van der Waals surface area (Å²) in [4.78, 5) is 0.303. The summed E-state index contributed by atoms with van der Waals surface area (Å²) >= 11 is 7.51. The van der Waals surface area contributed by atoms with Gasteiger partial charge in [0.25, 0.3) is 0 Å². The summed E-state index contributed by atoms with van der Waals surface area (Å²) in [5.74, 6) is 2.29. The Bertz CT molecular complexity index is 486. The molecule has 1 fully saturated rings. The van der Waals surface area contributed by atoms with Crippen LogP contribution in [0.3, 0.4) is 0 Å². The lowest BCUT2D eigenvalue weighted by atomic mass is 9.78. The second-order valence-corrected chi connectivity index (χ2v) is 7.87. The molecule has 0 radical (unpaired) electrons. The Morgan fingerprint density at radius 2 is 1.95 bits per heavy atom. The molecule has 4 heteroatoms. The van der Waals surface area contributed by atoms with Crippen LogP contribution in [-0.4, -0.2) is 14.2 Å². The first-order valence-corrected chi connectivity index (χ1v) is 8.67. The summed E-state index contributed by atoms with van der Waals surface area (Å²) in [6, 6.07) is 4.11. The second kappa shape index (κ2) is 6.27. The number of methoxy groups -OCH3 is 2. The van der Waals surface area contributed by atoms with E-state index in [-0.39, 0.29) is 0 Å².